The van der Waals surface area contributed by atoms with E-state index in [2.05, 4.69) is 29.2 Å². The number of nitrogens with zero attached hydrogens (tertiary/aromatic N) is 3. The molecule has 1 atom stereocenters. The first-order valence-electron chi connectivity index (χ1n) is 10.0. The maximum absolute atomic E-state index is 13.1. The van der Waals surface area contributed by atoms with Gasteiger partial charge in [0.05, 0.1) is 6.04 Å². The maximum Gasteiger partial charge on any atom is 0.239 e. The van der Waals surface area contributed by atoms with Gasteiger partial charge in [-0.05, 0) is 43.7 Å². The van der Waals surface area contributed by atoms with Gasteiger partial charge in [-0.1, -0.05) is 24.3 Å². The molecule has 1 aliphatic carbocycles. The molecule has 3 aliphatic rings. The highest BCUT2D eigenvalue weighted by Gasteiger charge is 2.35. The number of carbonyl (C=O) groups excluding carboxylic acids is 2. The Bertz CT molecular complexity index is 686. The molecule has 2 aliphatic heterocycles. The summed E-state index contributed by atoms with van der Waals surface area (Å²) in [4.78, 5) is 31.6. The lowest BCUT2D eigenvalue weighted by Crippen LogP contribution is -2.49. The van der Waals surface area contributed by atoms with E-state index in [-0.39, 0.29) is 17.9 Å². The summed E-state index contributed by atoms with van der Waals surface area (Å²) in [5, 5.41) is 0. The zero-order valence-corrected chi connectivity index (χ0v) is 15.7. The summed E-state index contributed by atoms with van der Waals surface area (Å²) in [7, 11) is 0. The second-order valence-corrected chi connectivity index (χ2v) is 7.94. The predicted molar refractivity (Wildman–Crippen MR) is 101 cm³/mol. The Morgan fingerprint density at radius 2 is 1.65 bits per heavy atom. The molecule has 1 aromatic rings. The molecule has 0 aromatic heterocycles. The van der Waals surface area contributed by atoms with E-state index in [1.165, 1.54) is 11.1 Å². The summed E-state index contributed by atoms with van der Waals surface area (Å²) in [5.74, 6) is 0.787. The number of fused-ring (bicyclic) bond motifs is 1. The van der Waals surface area contributed by atoms with Crippen LogP contribution in [0.1, 0.15) is 37.3 Å². The van der Waals surface area contributed by atoms with Crippen LogP contribution in [0.3, 0.4) is 0 Å². The van der Waals surface area contributed by atoms with Gasteiger partial charge < -0.3 is 9.80 Å². The average Bonchev–Trinajstić information content (AvgIpc) is 3.52. The van der Waals surface area contributed by atoms with Gasteiger partial charge in [-0.25, -0.2) is 0 Å². The molecular formula is C21H29N3O2. The highest BCUT2D eigenvalue weighted by molar-refractivity contribution is 5.82. The normalized spacial score (nSPS) is 22.5. The van der Waals surface area contributed by atoms with Gasteiger partial charge in [-0.15, -0.1) is 0 Å². The van der Waals surface area contributed by atoms with E-state index < -0.39 is 0 Å². The molecule has 0 bridgehead atoms. The number of rotatable bonds is 3. The Morgan fingerprint density at radius 3 is 2.42 bits per heavy atom. The van der Waals surface area contributed by atoms with E-state index in [9.17, 15) is 9.59 Å². The lowest BCUT2D eigenvalue weighted by atomic mass is 9.98. The summed E-state index contributed by atoms with van der Waals surface area (Å²) in [5.41, 5.74) is 2.75. The van der Waals surface area contributed by atoms with Gasteiger partial charge in [0.2, 0.25) is 11.8 Å². The van der Waals surface area contributed by atoms with E-state index >= 15 is 0 Å². The maximum atomic E-state index is 13.1. The van der Waals surface area contributed by atoms with Crippen molar-refractivity contribution in [1.29, 1.82) is 0 Å². The second-order valence-electron chi connectivity index (χ2n) is 7.94. The molecule has 4 rings (SSSR count). The van der Waals surface area contributed by atoms with Crippen LogP contribution in [-0.4, -0.2) is 65.3 Å². The number of hydrogen-bond acceptors (Lipinski definition) is 3. The first kappa shape index (κ1) is 17.5. The highest BCUT2D eigenvalue weighted by atomic mass is 16.2. The topological polar surface area (TPSA) is 43.9 Å². The smallest absolute Gasteiger partial charge is 0.239 e. The molecule has 1 aromatic carbocycles. The number of hydrogen-bond donors (Lipinski definition) is 0. The van der Waals surface area contributed by atoms with E-state index in [0.29, 0.717) is 19.0 Å². The first-order chi connectivity index (χ1) is 12.6. The van der Waals surface area contributed by atoms with Crippen molar-refractivity contribution < 1.29 is 9.59 Å². The summed E-state index contributed by atoms with van der Waals surface area (Å²) in [6, 6.07) is 8.43. The summed E-state index contributed by atoms with van der Waals surface area (Å²) in [6.07, 6.45) is 3.99. The van der Waals surface area contributed by atoms with Gasteiger partial charge in [-0.3, -0.25) is 14.5 Å². The van der Waals surface area contributed by atoms with Crippen molar-refractivity contribution in [3.05, 3.63) is 35.4 Å². The average molecular weight is 355 g/mol. The highest BCUT2D eigenvalue weighted by Crippen LogP contribution is 2.31. The van der Waals surface area contributed by atoms with Crippen LogP contribution in [0.2, 0.25) is 0 Å². The molecule has 0 N–H and O–H groups in total. The molecule has 1 saturated heterocycles. The minimum absolute atomic E-state index is 0.103. The van der Waals surface area contributed by atoms with Crippen molar-refractivity contribution in [2.24, 2.45) is 5.92 Å². The minimum atomic E-state index is -0.103. The molecule has 0 spiro atoms. The third-order valence-electron chi connectivity index (χ3n) is 6.11. The monoisotopic (exact) mass is 355 g/mol. The van der Waals surface area contributed by atoms with Crippen molar-refractivity contribution in [2.75, 3.05) is 32.7 Å². The quantitative estimate of drug-likeness (QED) is 0.832. The molecule has 0 radical (unpaired) electrons. The van der Waals surface area contributed by atoms with Gasteiger partial charge in [0, 0.05) is 45.2 Å². The molecule has 26 heavy (non-hydrogen) atoms. The predicted octanol–water partition coefficient (Wildman–Crippen LogP) is 1.90. The zero-order valence-electron chi connectivity index (χ0n) is 15.7. The lowest BCUT2D eigenvalue weighted by molar-refractivity contribution is -0.137. The molecule has 5 heteroatoms. The lowest BCUT2D eigenvalue weighted by Gasteiger charge is -2.35. The standard InChI is InChI=1S/C21H29N3O2/c1-16(24-12-9-17-5-2-3-6-19(17)15-24)20(25)22-10-4-11-23(14-13-22)21(26)18-7-8-18/h2-3,5-6,16,18H,4,7-15H2,1H3. The van der Waals surface area contributed by atoms with E-state index in [4.69, 9.17) is 0 Å². The Morgan fingerprint density at radius 1 is 0.962 bits per heavy atom. The summed E-state index contributed by atoms with van der Waals surface area (Å²) in [6.45, 7) is 6.75. The fourth-order valence-electron chi connectivity index (χ4n) is 4.22. The summed E-state index contributed by atoms with van der Waals surface area (Å²) < 4.78 is 0. The molecule has 2 fully saturated rings. The van der Waals surface area contributed by atoms with Crippen molar-refractivity contribution >= 4 is 11.8 Å². The minimum Gasteiger partial charge on any atom is -0.341 e. The van der Waals surface area contributed by atoms with Crippen molar-refractivity contribution in [1.82, 2.24) is 14.7 Å². The van der Waals surface area contributed by atoms with Crippen LogP contribution in [0.5, 0.6) is 0 Å². The molecule has 5 nitrogen and oxygen atoms in total. The van der Waals surface area contributed by atoms with Crippen molar-refractivity contribution in [2.45, 2.75) is 45.2 Å². The van der Waals surface area contributed by atoms with Crippen LogP contribution in [0.25, 0.3) is 0 Å². The number of carbonyl (C=O) groups is 2. The van der Waals surface area contributed by atoms with Gasteiger partial charge in [0.25, 0.3) is 0 Å². The van der Waals surface area contributed by atoms with Gasteiger partial charge in [-0.2, -0.15) is 0 Å². The van der Waals surface area contributed by atoms with Crippen molar-refractivity contribution in [3.63, 3.8) is 0 Å². The van der Waals surface area contributed by atoms with Gasteiger partial charge in [0.1, 0.15) is 0 Å². The van der Waals surface area contributed by atoms with Crippen LogP contribution in [0.15, 0.2) is 24.3 Å². The Labute approximate surface area is 155 Å². The van der Waals surface area contributed by atoms with Gasteiger partial charge in [0.15, 0.2) is 0 Å². The van der Waals surface area contributed by atoms with Crippen LogP contribution >= 0.6 is 0 Å². The molecule has 2 amide bonds. The summed E-state index contributed by atoms with van der Waals surface area (Å²) >= 11 is 0. The Balaban J connectivity index is 1.35. The van der Waals surface area contributed by atoms with E-state index in [1.807, 2.05) is 16.7 Å². The fourth-order valence-corrected chi connectivity index (χ4v) is 4.22. The van der Waals surface area contributed by atoms with E-state index in [0.717, 1.165) is 51.9 Å². The van der Waals surface area contributed by atoms with Crippen LogP contribution in [-0.2, 0) is 22.6 Å². The van der Waals surface area contributed by atoms with E-state index in [1.54, 1.807) is 0 Å². The van der Waals surface area contributed by atoms with Crippen LogP contribution in [0.4, 0.5) is 0 Å². The SMILES string of the molecule is CC(C(=O)N1CCCN(C(=O)C2CC2)CC1)N1CCc2ccccc2C1. The molecule has 1 saturated carbocycles. The zero-order chi connectivity index (χ0) is 18.1. The van der Waals surface area contributed by atoms with Crippen LogP contribution in [0, 0.1) is 5.92 Å². The number of benzene rings is 1. The Hall–Kier alpha value is -1.88. The van der Waals surface area contributed by atoms with Gasteiger partial charge >= 0.3 is 0 Å². The third kappa shape index (κ3) is 3.63. The third-order valence-corrected chi connectivity index (χ3v) is 6.11. The molecule has 1 unspecified atom stereocenters. The fraction of sp³-hybridized carbons (Fsp3) is 0.619. The first-order valence-corrected chi connectivity index (χ1v) is 10.0. The largest absolute Gasteiger partial charge is 0.341 e. The Kier molecular flexibility index (Phi) is 4.98. The molecule has 140 valence electrons. The molecular weight excluding hydrogens is 326 g/mol. The molecule has 2 heterocycles. The second kappa shape index (κ2) is 7.39. The van der Waals surface area contributed by atoms with Crippen molar-refractivity contribution in [3.8, 4) is 0 Å². The number of amides is 2. The van der Waals surface area contributed by atoms with Crippen LogP contribution < -0.4 is 0 Å².